The topological polar surface area (TPSA) is 27.7 Å². The van der Waals surface area contributed by atoms with E-state index in [4.69, 9.17) is 14.2 Å². The Morgan fingerprint density at radius 2 is 0.379 bits per heavy atom. The largest absolute Gasteiger partial charge is 0.379 e. The molecule has 0 spiro atoms. The molecule has 1 unspecified atom stereocenters. The molecule has 0 bridgehead atoms. The molecule has 1 atom stereocenters. The van der Waals surface area contributed by atoms with Crippen molar-refractivity contribution in [3.63, 3.8) is 0 Å². The molecule has 0 aromatic carbocycles. The lowest BCUT2D eigenvalue weighted by Crippen LogP contribution is -2.26. The molecule has 0 aliphatic rings. The van der Waals surface area contributed by atoms with Crippen LogP contribution in [0.3, 0.4) is 0 Å². The van der Waals surface area contributed by atoms with Crippen LogP contribution in [0.5, 0.6) is 0 Å². The summed E-state index contributed by atoms with van der Waals surface area (Å²) in [7, 11) is 0. The second kappa shape index (κ2) is 54.9. The molecule has 0 fully saturated rings. The molecule has 350 valence electrons. The fraction of sp³-hybridized carbons (Fsp3) is 1.00. The van der Waals surface area contributed by atoms with Gasteiger partial charge >= 0.3 is 0 Å². The van der Waals surface area contributed by atoms with Gasteiger partial charge in [-0.3, -0.25) is 0 Å². The minimum atomic E-state index is 0.0871. The maximum absolute atomic E-state index is 6.37. The molecule has 0 aliphatic carbocycles. The molecule has 0 saturated heterocycles. The quantitative estimate of drug-likeness (QED) is 0.0572. The third-order valence-electron chi connectivity index (χ3n) is 12.7. The molecule has 58 heavy (non-hydrogen) atoms. The maximum Gasteiger partial charge on any atom is 0.104 e. The van der Waals surface area contributed by atoms with Crippen molar-refractivity contribution in [1.29, 1.82) is 0 Å². The third kappa shape index (κ3) is 52.0. The van der Waals surface area contributed by atoms with Gasteiger partial charge in [-0.2, -0.15) is 0 Å². The molecular formula is C55H112O3. The van der Waals surface area contributed by atoms with Crippen molar-refractivity contribution in [2.45, 2.75) is 322 Å². The van der Waals surface area contributed by atoms with E-state index < -0.39 is 0 Å². The van der Waals surface area contributed by atoms with Crippen LogP contribution in [0.15, 0.2) is 0 Å². The molecule has 0 saturated carbocycles. The zero-order valence-electron chi connectivity index (χ0n) is 40.9. The van der Waals surface area contributed by atoms with Crippen molar-refractivity contribution in [1.82, 2.24) is 0 Å². The summed E-state index contributed by atoms with van der Waals surface area (Å²) in [5.41, 5.74) is 0. The second-order valence-corrected chi connectivity index (χ2v) is 18.8. The van der Waals surface area contributed by atoms with Crippen LogP contribution < -0.4 is 0 Å². The van der Waals surface area contributed by atoms with Gasteiger partial charge in [0.2, 0.25) is 0 Å². The average molecular weight is 821 g/mol. The van der Waals surface area contributed by atoms with Gasteiger partial charge in [0.05, 0.1) is 13.2 Å². The fourth-order valence-electron chi connectivity index (χ4n) is 8.62. The second-order valence-electron chi connectivity index (χ2n) is 18.8. The van der Waals surface area contributed by atoms with E-state index in [9.17, 15) is 0 Å². The Hall–Kier alpha value is -0.120. The lowest BCUT2D eigenvalue weighted by molar-refractivity contribution is -0.0616. The smallest absolute Gasteiger partial charge is 0.104 e. The van der Waals surface area contributed by atoms with E-state index in [1.165, 1.54) is 295 Å². The van der Waals surface area contributed by atoms with Gasteiger partial charge in [-0.25, -0.2) is 0 Å². The van der Waals surface area contributed by atoms with E-state index in [1.807, 2.05) is 0 Å². The van der Waals surface area contributed by atoms with E-state index >= 15 is 0 Å². The Morgan fingerprint density at radius 3 is 0.586 bits per heavy atom. The minimum absolute atomic E-state index is 0.0871. The third-order valence-corrected chi connectivity index (χ3v) is 12.7. The lowest BCUT2D eigenvalue weighted by atomic mass is 10.0. The number of unbranched alkanes of at least 4 members (excludes halogenated alkanes) is 43. The van der Waals surface area contributed by atoms with Crippen molar-refractivity contribution >= 4 is 0 Å². The molecule has 3 nitrogen and oxygen atoms in total. The van der Waals surface area contributed by atoms with E-state index in [2.05, 4.69) is 20.8 Å². The van der Waals surface area contributed by atoms with Crippen LogP contribution in [0.2, 0.25) is 0 Å². The summed E-state index contributed by atoms with van der Waals surface area (Å²) in [4.78, 5) is 0. The van der Waals surface area contributed by atoms with Gasteiger partial charge in [0.15, 0.2) is 0 Å². The monoisotopic (exact) mass is 821 g/mol. The predicted octanol–water partition coefficient (Wildman–Crippen LogP) is 19.4. The summed E-state index contributed by atoms with van der Waals surface area (Å²) in [6, 6.07) is 0. The zero-order valence-corrected chi connectivity index (χ0v) is 40.9. The van der Waals surface area contributed by atoms with Crippen LogP contribution in [0, 0.1) is 0 Å². The Labute approximate surface area is 368 Å². The zero-order chi connectivity index (χ0) is 41.8. The summed E-state index contributed by atoms with van der Waals surface area (Å²) in [5.74, 6) is 0. The highest BCUT2D eigenvalue weighted by atomic mass is 16.6. The van der Waals surface area contributed by atoms with Gasteiger partial charge in [-0.15, -0.1) is 0 Å². The number of hydrogen-bond acceptors (Lipinski definition) is 3. The Morgan fingerprint density at radius 1 is 0.207 bits per heavy atom. The number of ether oxygens (including phenoxy) is 3. The molecule has 0 radical (unpaired) electrons. The van der Waals surface area contributed by atoms with Gasteiger partial charge < -0.3 is 14.2 Å². The molecule has 3 heteroatoms. The highest BCUT2D eigenvalue weighted by molar-refractivity contribution is 4.58. The lowest BCUT2D eigenvalue weighted by Gasteiger charge is -2.18. The molecule has 0 aromatic rings. The van der Waals surface area contributed by atoms with Crippen LogP contribution in [-0.2, 0) is 14.2 Å². The molecule has 0 amide bonds. The summed E-state index contributed by atoms with van der Waals surface area (Å²) < 4.78 is 18.7. The summed E-state index contributed by atoms with van der Waals surface area (Å²) >= 11 is 0. The van der Waals surface area contributed by atoms with Crippen molar-refractivity contribution in [3.05, 3.63) is 0 Å². The Kier molecular flexibility index (Phi) is 54.8. The Balaban J connectivity index is 3.95. The van der Waals surface area contributed by atoms with Crippen LogP contribution >= 0.6 is 0 Å². The molecule has 0 aliphatic heterocycles. The maximum atomic E-state index is 6.37. The summed E-state index contributed by atoms with van der Waals surface area (Å²) in [5, 5.41) is 0. The SMILES string of the molecule is CCCCCCCCCCCCCCCCCCOCC(COCCCCCCCCCCCCCCCC)OCCCCCCCCCCCCCCCCCC. The van der Waals surface area contributed by atoms with E-state index in [-0.39, 0.29) is 6.10 Å². The van der Waals surface area contributed by atoms with E-state index in [0.29, 0.717) is 13.2 Å². The van der Waals surface area contributed by atoms with Crippen LogP contribution in [0.25, 0.3) is 0 Å². The molecule has 0 heterocycles. The van der Waals surface area contributed by atoms with Crippen molar-refractivity contribution in [3.8, 4) is 0 Å². The minimum Gasteiger partial charge on any atom is -0.379 e. The van der Waals surface area contributed by atoms with Gasteiger partial charge in [0.25, 0.3) is 0 Å². The number of rotatable bonds is 54. The summed E-state index contributed by atoms with van der Waals surface area (Å²) in [6.07, 6.45) is 64.7. The fourth-order valence-corrected chi connectivity index (χ4v) is 8.62. The highest BCUT2D eigenvalue weighted by Crippen LogP contribution is 2.17. The predicted molar refractivity (Wildman–Crippen MR) is 261 cm³/mol. The normalized spacial score (nSPS) is 12.3. The molecular weight excluding hydrogens is 709 g/mol. The Bertz CT molecular complexity index is 682. The van der Waals surface area contributed by atoms with Crippen LogP contribution in [-0.4, -0.2) is 39.1 Å². The first-order chi connectivity index (χ1) is 28.8. The first-order valence-electron chi connectivity index (χ1n) is 27.6. The standard InChI is InChI=1S/C55H112O3/c1-4-7-10-13-16-19-22-25-28-30-33-36-39-42-45-48-51-57-54-55(53-56-50-47-44-41-38-35-32-27-24-21-18-15-12-9-6-3)58-52-49-46-43-40-37-34-31-29-26-23-20-17-14-11-8-5-2/h55H,4-54H2,1-3H3. The average Bonchev–Trinajstić information content (AvgIpc) is 3.23. The molecule has 0 rings (SSSR count). The van der Waals surface area contributed by atoms with Gasteiger partial charge in [-0.1, -0.05) is 297 Å². The highest BCUT2D eigenvalue weighted by Gasteiger charge is 2.10. The van der Waals surface area contributed by atoms with Gasteiger partial charge in [0, 0.05) is 19.8 Å². The van der Waals surface area contributed by atoms with Crippen LogP contribution in [0.1, 0.15) is 316 Å². The summed E-state index contributed by atoms with van der Waals surface area (Å²) in [6.45, 7) is 10.9. The molecule has 0 N–H and O–H groups in total. The van der Waals surface area contributed by atoms with Crippen LogP contribution in [0.4, 0.5) is 0 Å². The van der Waals surface area contributed by atoms with E-state index in [1.54, 1.807) is 0 Å². The first kappa shape index (κ1) is 57.9. The molecule has 0 aromatic heterocycles. The van der Waals surface area contributed by atoms with E-state index in [0.717, 1.165) is 19.8 Å². The number of hydrogen-bond donors (Lipinski definition) is 0. The van der Waals surface area contributed by atoms with Gasteiger partial charge in [0.1, 0.15) is 6.10 Å². The van der Waals surface area contributed by atoms with Crippen molar-refractivity contribution < 1.29 is 14.2 Å². The van der Waals surface area contributed by atoms with Crippen molar-refractivity contribution in [2.75, 3.05) is 33.0 Å². The van der Waals surface area contributed by atoms with Crippen molar-refractivity contribution in [2.24, 2.45) is 0 Å². The van der Waals surface area contributed by atoms with Gasteiger partial charge in [-0.05, 0) is 19.3 Å². The first-order valence-corrected chi connectivity index (χ1v) is 27.6.